The molecule has 204 valence electrons. The lowest BCUT2D eigenvalue weighted by atomic mass is 9.81. The lowest BCUT2D eigenvalue weighted by molar-refractivity contribution is 0.0561. The number of pyridine rings is 1. The third-order valence-electron chi connectivity index (χ3n) is 7.58. The first-order chi connectivity index (χ1) is 18.9. The summed E-state index contributed by atoms with van der Waals surface area (Å²) in [6.07, 6.45) is 3.09. The normalized spacial score (nSPS) is 18.2. The fraction of sp³-hybridized carbons (Fsp3) is 0.387. The molecule has 1 unspecified atom stereocenters. The average molecular weight is 547 g/mol. The van der Waals surface area contributed by atoms with Crippen molar-refractivity contribution in [2.24, 2.45) is 0 Å². The molecule has 0 saturated carbocycles. The van der Waals surface area contributed by atoms with Crippen LogP contribution in [0.1, 0.15) is 83.1 Å². The van der Waals surface area contributed by atoms with E-state index in [1.807, 2.05) is 48.4 Å². The maximum Gasteiger partial charge on any atom is 0.343 e. The van der Waals surface area contributed by atoms with Crippen molar-refractivity contribution < 1.29 is 19.1 Å². The minimum absolute atomic E-state index is 0.0729. The molecule has 5 rings (SSSR count). The maximum atomic E-state index is 14.0. The Hall–Kier alpha value is -3.52. The molecule has 2 atom stereocenters. The van der Waals surface area contributed by atoms with Crippen LogP contribution in [0.3, 0.4) is 0 Å². The molecule has 0 saturated heterocycles. The van der Waals surface area contributed by atoms with Crippen LogP contribution in [-0.2, 0) is 10.5 Å². The summed E-state index contributed by atoms with van der Waals surface area (Å²) >= 11 is 1.80. The monoisotopic (exact) mass is 546 g/mol. The molecular weight excluding hydrogens is 512 g/mol. The Morgan fingerprint density at radius 2 is 1.79 bits per heavy atom. The van der Waals surface area contributed by atoms with E-state index in [1.165, 1.54) is 29.3 Å². The molecule has 1 amide bonds. The van der Waals surface area contributed by atoms with Crippen molar-refractivity contribution >= 4 is 23.6 Å². The zero-order chi connectivity index (χ0) is 27.7. The van der Waals surface area contributed by atoms with E-state index >= 15 is 0 Å². The molecule has 0 bridgehead atoms. The second-order valence-corrected chi connectivity index (χ2v) is 11.3. The number of thioether (sulfide) groups is 1. The number of carbonyl (C=O) groups excluding carboxylic acids is 2. The highest BCUT2D eigenvalue weighted by Gasteiger charge is 2.42. The largest absolute Gasteiger partial charge is 0.487 e. The molecule has 0 aliphatic carbocycles. The van der Waals surface area contributed by atoms with Gasteiger partial charge in [-0.15, -0.1) is 11.8 Å². The smallest absolute Gasteiger partial charge is 0.343 e. The number of unbranched alkanes of at least 4 members (excludes halogenated alkanes) is 1. The summed E-state index contributed by atoms with van der Waals surface area (Å²) in [5, 5.41) is 0. The molecule has 3 heterocycles. The van der Waals surface area contributed by atoms with Gasteiger partial charge in [-0.1, -0.05) is 55.8 Å². The van der Waals surface area contributed by atoms with E-state index in [-0.39, 0.29) is 47.5 Å². The number of nitrogens with zero attached hydrogens (tertiary/aromatic N) is 2. The molecule has 0 spiro atoms. The van der Waals surface area contributed by atoms with Crippen LogP contribution in [0.4, 0.5) is 0 Å². The molecule has 1 aromatic heterocycles. The van der Waals surface area contributed by atoms with Gasteiger partial charge in [-0.3, -0.25) is 9.59 Å². The van der Waals surface area contributed by atoms with Gasteiger partial charge in [0.15, 0.2) is 11.4 Å². The van der Waals surface area contributed by atoms with Gasteiger partial charge in [-0.05, 0) is 43.0 Å². The molecule has 3 aromatic rings. The van der Waals surface area contributed by atoms with E-state index in [0.717, 1.165) is 17.7 Å². The van der Waals surface area contributed by atoms with Gasteiger partial charge >= 0.3 is 5.97 Å². The van der Waals surface area contributed by atoms with Crippen LogP contribution in [-0.4, -0.2) is 47.6 Å². The summed E-state index contributed by atoms with van der Waals surface area (Å²) < 4.78 is 12.8. The van der Waals surface area contributed by atoms with E-state index in [2.05, 4.69) is 30.3 Å². The Morgan fingerprint density at radius 1 is 1.08 bits per heavy atom. The highest BCUT2D eigenvalue weighted by atomic mass is 32.2. The number of amides is 1. The van der Waals surface area contributed by atoms with Crippen LogP contribution in [0, 0.1) is 0 Å². The third kappa shape index (κ3) is 4.86. The number of hydrogen-bond donors (Lipinski definition) is 0. The van der Waals surface area contributed by atoms with E-state index in [0.29, 0.717) is 13.0 Å². The summed E-state index contributed by atoms with van der Waals surface area (Å²) in [6, 6.07) is 16.4. The van der Waals surface area contributed by atoms with Crippen LogP contribution in [0.15, 0.2) is 64.4 Å². The van der Waals surface area contributed by atoms with Gasteiger partial charge < -0.3 is 18.9 Å². The van der Waals surface area contributed by atoms with Gasteiger partial charge in [0, 0.05) is 35.3 Å². The Morgan fingerprint density at radius 3 is 2.51 bits per heavy atom. The Balaban J connectivity index is 1.81. The number of hydrogen-bond acceptors (Lipinski definition) is 6. The number of methoxy groups -OCH3 is 1. The van der Waals surface area contributed by atoms with Gasteiger partial charge in [0.05, 0.1) is 19.8 Å². The van der Waals surface area contributed by atoms with Crippen molar-refractivity contribution in [1.82, 2.24) is 9.47 Å². The number of benzene rings is 2. The van der Waals surface area contributed by atoms with Crippen LogP contribution < -0.4 is 10.2 Å². The number of esters is 1. The maximum absolute atomic E-state index is 14.0. The third-order valence-corrected chi connectivity index (χ3v) is 8.72. The van der Waals surface area contributed by atoms with Crippen molar-refractivity contribution in [3.8, 4) is 5.75 Å². The van der Waals surface area contributed by atoms with E-state index in [1.54, 1.807) is 11.8 Å². The van der Waals surface area contributed by atoms with Crippen molar-refractivity contribution in [3.05, 3.63) is 92.9 Å². The van der Waals surface area contributed by atoms with Crippen LogP contribution in [0.5, 0.6) is 5.75 Å². The summed E-state index contributed by atoms with van der Waals surface area (Å²) in [6.45, 7) is 6.67. The molecule has 2 aromatic carbocycles. The number of rotatable bonds is 7. The van der Waals surface area contributed by atoms with Crippen molar-refractivity contribution in [1.29, 1.82) is 0 Å². The van der Waals surface area contributed by atoms with Crippen LogP contribution in [0.2, 0.25) is 0 Å². The second kappa shape index (κ2) is 11.3. The highest BCUT2D eigenvalue weighted by molar-refractivity contribution is 7.98. The lowest BCUT2D eigenvalue weighted by Gasteiger charge is -2.42. The average Bonchev–Trinajstić information content (AvgIpc) is 3.11. The first-order valence-corrected chi connectivity index (χ1v) is 14.5. The molecule has 7 nitrogen and oxygen atoms in total. The highest BCUT2D eigenvalue weighted by Crippen LogP contribution is 2.47. The number of fused-ring (bicyclic) bond motifs is 3. The van der Waals surface area contributed by atoms with Gasteiger partial charge in [-0.25, -0.2) is 4.79 Å². The minimum atomic E-state index is -0.745. The fourth-order valence-electron chi connectivity index (χ4n) is 5.58. The predicted molar refractivity (Wildman–Crippen MR) is 152 cm³/mol. The number of ether oxygens (including phenoxy) is 2. The Labute approximate surface area is 233 Å². The van der Waals surface area contributed by atoms with E-state index in [4.69, 9.17) is 9.47 Å². The fourth-order valence-corrected chi connectivity index (χ4v) is 6.69. The molecule has 0 radical (unpaired) electrons. The standard InChI is InChI=1S/C31H34N2O5S/c1-5-6-15-38-29-27-30(35)32(19(2)3)17-24(33(27)16-23(28(29)34)31(36)37-4)26-21-12-8-7-11-20(21)18-39-25-14-10-9-13-22(25)26/h7-14,16,19,24,26H,5-6,15,17-18H2,1-4H3/t24-,26?/m1/s1. The topological polar surface area (TPSA) is 77.8 Å². The minimum Gasteiger partial charge on any atom is -0.487 e. The number of aromatic nitrogens is 1. The summed E-state index contributed by atoms with van der Waals surface area (Å²) in [4.78, 5) is 43.3. The molecule has 0 N–H and O–H groups in total. The van der Waals surface area contributed by atoms with Crippen molar-refractivity contribution in [2.45, 2.75) is 62.3 Å². The lowest BCUT2D eigenvalue weighted by Crippen LogP contribution is -2.49. The molecular formula is C31H34N2O5S. The quantitative estimate of drug-likeness (QED) is 0.281. The van der Waals surface area contributed by atoms with Gasteiger partial charge in [0.1, 0.15) is 5.56 Å². The van der Waals surface area contributed by atoms with Crippen molar-refractivity contribution in [3.63, 3.8) is 0 Å². The van der Waals surface area contributed by atoms with Crippen LogP contribution in [0.25, 0.3) is 0 Å². The molecule has 2 aliphatic rings. The van der Waals surface area contributed by atoms with Gasteiger partial charge in [-0.2, -0.15) is 0 Å². The molecule has 39 heavy (non-hydrogen) atoms. The van der Waals surface area contributed by atoms with Crippen molar-refractivity contribution in [2.75, 3.05) is 20.3 Å². The zero-order valence-corrected chi connectivity index (χ0v) is 23.6. The second-order valence-electron chi connectivity index (χ2n) is 10.3. The zero-order valence-electron chi connectivity index (χ0n) is 22.8. The van der Waals surface area contributed by atoms with Gasteiger partial charge in [0.2, 0.25) is 5.43 Å². The first kappa shape index (κ1) is 27.1. The van der Waals surface area contributed by atoms with E-state index < -0.39 is 11.4 Å². The Bertz CT molecular complexity index is 1420. The summed E-state index contributed by atoms with van der Waals surface area (Å²) in [7, 11) is 1.25. The molecule has 2 aliphatic heterocycles. The molecule has 8 heteroatoms. The predicted octanol–water partition coefficient (Wildman–Crippen LogP) is 5.66. The van der Waals surface area contributed by atoms with Crippen LogP contribution >= 0.6 is 11.8 Å². The SMILES string of the molecule is CCCCOc1c2n(cc(C(=O)OC)c1=O)[C@@H](C1c3ccccc3CSc3ccccc31)CN(C(C)C)C2=O. The number of carbonyl (C=O) groups is 2. The summed E-state index contributed by atoms with van der Waals surface area (Å²) in [5.41, 5.74) is 3.02. The summed E-state index contributed by atoms with van der Waals surface area (Å²) in [5.74, 6) is -0.386. The van der Waals surface area contributed by atoms with Gasteiger partial charge in [0.25, 0.3) is 5.91 Å². The van der Waals surface area contributed by atoms with E-state index in [9.17, 15) is 14.4 Å². The molecule has 0 fully saturated rings. The first-order valence-electron chi connectivity index (χ1n) is 13.5. The Kier molecular flexibility index (Phi) is 7.84.